The molecular formula is C15H36Cl2N2O10. The molecule has 8 unspecified atom stereocenters. The van der Waals surface area contributed by atoms with Crippen molar-refractivity contribution in [3.63, 3.8) is 0 Å². The third-order valence-corrected chi connectivity index (χ3v) is 4.22. The lowest BCUT2D eigenvalue weighted by Gasteiger charge is -2.33. The van der Waals surface area contributed by atoms with Gasteiger partial charge in [0.1, 0.15) is 36.6 Å². The van der Waals surface area contributed by atoms with Crippen LogP contribution in [0.25, 0.3) is 0 Å². The van der Waals surface area contributed by atoms with Crippen LogP contribution < -0.4 is 5.73 Å². The third kappa shape index (κ3) is 11.9. The summed E-state index contributed by atoms with van der Waals surface area (Å²) in [4.78, 5) is 1.39. The van der Waals surface area contributed by atoms with Gasteiger partial charge in [-0.15, -0.1) is 24.8 Å². The van der Waals surface area contributed by atoms with E-state index in [1.165, 1.54) is 4.90 Å². The fourth-order valence-electron chi connectivity index (χ4n) is 2.44. The van der Waals surface area contributed by atoms with Crippen molar-refractivity contribution in [2.75, 3.05) is 39.4 Å². The molecule has 8 atom stereocenters. The van der Waals surface area contributed by atoms with Crippen LogP contribution in [0.4, 0.5) is 0 Å². The largest absolute Gasteiger partial charge is 0.394 e. The zero-order valence-corrected chi connectivity index (χ0v) is 17.5. The van der Waals surface area contributed by atoms with E-state index in [1.54, 1.807) is 0 Å². The molecule has 180 valence electrons. The first-order valence-electron chi connectivity index (χ1n) is 8.69. The Kier molecular flexibility index (Phi) is 20.6. The lowest BCUT2D eigenvalue weighted by atomic mass is 10.0. The zero-order chi connectivity index (χ0) is 21.1. The average molecular weight is 475 g/mol. The van der Waals surface area contributed by atoms with Crippen LogP contribution in [0, 0.1) is 0 Å². The minimum Gasteiger partial charge on any atom is -0.394 e. The van der Waals surface area contributed by atoms with Crippen LogP contribution >= 0.6 is 24.8 Å². The molecule has 0 aromatic rings. The standard InChI is InChI=1S/C15H34N2O10.2ClH/c16-2-1-3-17(4-8(20)12(24)14(26)10(22)6-18)5-9(21)13(25)15(27)11(23)7-19;;/h8-15,18-27H,1-7,16H2;2*1H. The van der Waals surface area contributed by atoms with E-state index in [0.717, 1.165) is 0 Å². The molecular weight excluding hydrogens is 439 g/mol. The summed E-state index contributed by atoms with van der Waals surface area (Å²) in [6, 6.07) is 0. The second-order valence-electron chi connectivity index (χ2n) is 6.50. The van der Waals surface area contributed by atoms with E-state index in [9.17, 15) is 40.9 Å². The number of hydrogen-bond donors (Lipinski definition) is 11. The molecule has 14 heteroatoms. The summed E-state index contributed by atoms with van der Waals surface area (Å²) in [5.74, 6) is 0. The number of rotatable bonds is 15. The van der Waals surface area contributed by atoms with Gasteiger partial charge in [0.25, 0.3) is 0 Å². The Hall–Kier alpha value is 0.100. The molecule has 12 nitrogen and oxygen atoms in total. The van der Waals surface area contributed by atoms with Gasteiger partial charge in [0.15, 0.2) is 0 Å². The molecule has 0 saturated carbocycles. The summed E-state index contributed by atoms with van der Waals surface area (Å²) in [5.41, 5.74) is 5.42. The second kappa shape index (κ2) is 17.7. The first-order valence-corrected chi connectivity index (χ1v) is 8.69. The number of aliphatic hydroxyl groups is 10. The van der Waals surface area contributed by atoms with Gasteiger partial charge in [-0.2, -0.15) is 0 Å². The monoisotopic (exact) mass is 474 g/mol. The molecule has 0 radical (unpaired) electrons. The summed E-state index contributed by atoms with van der Waals surface area (Å²) in [6.07, 6.45) is -13.2. The van der Waals surface area contributed by atoms with Gasteiger partial charge in [-0.3, -0.25) is 4.90 Å². The summed E-state index contributed by atoms with van der Waals surface area (Å²) in [7, 11) is 0. The molecule has 0 aromatic heterocycles. The Balaban J connectivity index is -0.00000338. The number of aliphatic hydroxyl groups excluding tert-OH is 10. The van der Waals surface area contributed by atoms with Crippen molar-refractivity contribution in [2.45, 2.75) is 55.3 Å². The first-order chi connectivity index (χ1) is 12.6. The van der Waals surface area contributed by atoms with E-state index in [0.29, 0.717) is 6.42 Å². The van der Waals surface area contributed by atoms with Crippen LogP contribution in [0.2, 0.25) is 0 Å². The maximum Gasteiger partial charge on any atom is 0.111 e. The van der Waals surface area contributed by atoms with Crippen LogP contribution in [-0.4, -0.2) is 144 Å². The lowest BCUT2D eigenvalue weighted by molar-refractivity contribution is -0.130. The zero-order valence-electron chi connectivity index (χ0n) is 15.9. The Labute approximate surface area is 181 Å². The van der Waals surface area contributed by atoms with Gasteiger partial charge in [0.2, 0.25) is 0 Å². The topological polar surface area (TPSA) is 232 Å². The molecule has 0 saturated heterocycles. The summed E-state index contributed by atoms with van der Waals surface area (Å²) >= 11 is 0. The second-order valence-corrected chi connectivity index (χ2v) is 6.50. The van der Waals surface area contributed by atoms with Crippen molar-refractivity contribution < 1.29 is 51.1 Å². The van der Waals surface area contributed by atoms with Crippen molar-refractivity contribution in [1.82, 2.24) is 4.90 Å². The van der Waals surface area contributed by atoms with Crippen molar-refractivity contribution in [2.24, 2.45) is 5.73 Å². The fraction of sp³-hybridized carbons (Fsp3) is 1.00. The van der Waals surface area contributed by atoms with Crippen LogP contribution in [0.15, 0.2) is 0 Å². The van der Waals surface area contributed by atoms with Crippen LogP contribution in [0.3, 0.4) is 0 Å². The van der Waals surface area contributed by atoms with E-state index in [1.807, 2.05) is 0 Å². The molecule has 0 rings (SSSR count). The first kappa shape index (κ1) is 33.7. The normalized spacial score (nSPS) is 19.9. The smallest absolute Gasteiger partial charge is 0.111 e. The molecule has 0 heterocycles. The highest BCUT2D eigenvalue weighted by Crippen LogP contribution is 2.11. The van der Waals surface area contributed by atoms with Gasteiger partial charge in [-0.25, -0.2) is 0 Å². The third-order valence-electron chi connectivity index (χ3n) is 4.22. The van der Waals surface area contributed by atoms with Crippen LogP contribution in [-0.2, 0) is 0 Å². The number of halogens is 2. The van der Waals surface area contributed by atoms with E-state index in [4.69, 9.17) is 15.9 Å². The number of nitrogens with zero attached hydrogens (tertiary/aromatic N) is 1. The Bertz CT molecular complexity index is 361. The van der Waals surface area contributed by atoms with Crippen molar-refractivity contribution in [3.05, 3.63) is 0 Å². The van der Waals surface area contributed by atoms with Crippen LogP contribution in [0.5, 0.6) is 0 Å². The molecule has 12 N–H and O–H groups in total. The van der Waals surface area contributed by atoms with Gasteiger partial charge in [-0.1, -0.05) is 0 Å². The predicted molar refractivity (Wildman–Crippen MR) is 107 cm³/mol. The minimum absolute atomic E-state index is 0. The lowest BCUT2D eigenvalue weighted by Crippen LogP contribution is -2.53. The molecule has 0 aliphatic rings. The fourth-order valence-corrected chi connectivity index (χ4v) is 2.44. The highest BCUT2D eigenvalue weighted by atomic mass is 35.5. The number of nitrogens with two attached hydrogens (primary N) is 1. The molecule has 0 spiro atoms. The predicted octanol–water partition coefficient (Wildman–Crippen LogP) is -5.65. The Morgan fingerprint density at radius 2 is 0.897 bits per heavy atom. The van der Waals surface area contributed by atoms with Gasteiger partial charge in [0, 0.05) is 13.1 Å². The molecule has 0 aliphatic carbocycles. The van der Waals surface area contributed by atoms with Crippen LogP contribution in [0.1, 0.15) is 6.42 Å². The number of hydrogen-bond acceptors (Lipinski definition) is 12. The summed E-state index contributed by atoms with van der Waals surface area (Å²) in [6.45, 7) is -1.74. The molecule has 0 amide bonds. The Morgan fingerprint density at radius 3 is 1.17 bits per heavy atom. The van der Waals surface area contributed by atoms with E-state index < -0.39 is 62.0 Å². The van der Waals surface area contributed by atoms with Gasteiger partial charge in [-0.05, 0) is 19.5 Å². The van der Waals surface area contributed by atoms with Crippen molar-refractivity contribution in [3.8, 4) is 0 Å². The SMILES string of the molecule is Cl.Cl.NCCCN(CC(O)C(O)C(O)C(O)CO)CC(O)C(O)C(O)C(O)CO. The van der Waals surface area contributed by atoms with E-state index in [-0.39, 0.29) is 51.0 Å². The minimum atomic E-state index is -1.81. The molecule has 0 bridgehead atoms. The molecule has 29 heavy (non-hydrogen) atoms. The molecule has 0 fully saturated rings. The maximum atomic E-state index is 10.0. The highest BCUT2D eigenvalue weighted by molar-refractivity contribution is 5.85. The van der Waals surface area contributed by atoms with Crippen molar-refractivity contribution in [1.29, 1.82) is 0 Å². The average Bonchev–Trinajstić information content (AvgIpc) is 2.67. The molecule has 0 aromatic carbocycles. The van der Waals surface area contributed by atoms with Crippen molar-refractivity contribution >= 4 is 24.8 Å². The maximum absolute atomic E-state index is 10.0. The summed E-state index contributed by atoms with van der Waals surface area (Å²) in [5, 5.41) is 95.3. The summed E-state index contributed by atoms with van der Waals surface area (Å²) < 4.78 is 0. The molecule has 0 aliphatic heterocycles. The van der Waals surface area contributed by atoms with Gasteiger partial charge >= 0.3 is 0 Å². The van der Waals surface area contributed by atoms with Gasteiger partial charge in [0.05, 0.1) is 25.4 Å². The Morgan fingerprint density at radius 1 is 0.586 bits per heavy atom. The highest BCUT2D eigenvalue weighted by Gasteiger charge is 2.34. The quantitative estimate of drug-likeness (QED) is 0.106. The van der Waals surface area contributed by atoms with Gasteiger partial charge < -0.3 is 56.8 Å². The van der Waals surface area contributed by atoms with E-state index in [2.05, 4.69) is 0 Å². The van der Waals surface area contributed by atoms with E-state index >= 15 is 0 Å².